The van der Waals surface area contributed by atoms with Crippen LogP contribution in [0.3, 0.4) is 0 Å². The Hall–Kier alpha value is -2.02. The van der Waals surface area contributed by atoms with Crippen molar-refractivity contribution in [2.45, 2.75) is 32.5 Å². The Labute approximate surface area is 122 Å². The Morgan fingerprint density at radius 3 is 2.00 bits per heavy atom. The fourth-order valence-corrected chi connectivity index (χ4v) is 3.10. The largest absolute Gasteiger partial charge is 0.320 e. The van der Waals surface area contributed by atoms with E-state index in [9.17, 15) is 20.2 Å². The number of nitrogens with zero attached hydrogens (tertiary/aromatic N) is 2. The van der Waals surface area contributed by atoms with Crippen LogP contribution in [-0.4, -0.2) is 35.0 Å². The summed E-state index contributed by atoms with van der Waals surface area (Å²) < 4.78 is 0. The Morgan fingerprint density at radius 2 is 1.57 bits per heavy atom. The van der Waals surface area contributed by atoms with Crippen LogP contribution in [0.15, 0.2) is 30.3 Å². The summed E-state index contributed by atoms with van der Waals surface area (Å²) in [6.45, 7) is 4.48. The molecule has 0 amide bonds. The molecule has 0 radical (unpaired) electrons. The van der Waals surface area contributed by atoms with Crippen molar-refractivity contribution in [3.8, 4) is 0 Å². The summed E-state index contributed by atoms with van der Waals surface area (Å²) in [6, 6.07) is 7.78. The number of quaternary nitrogens is 1. The van der Waals surface area contributed by atoms with E-state index in [4.69, 9.17) is 0 Å². The SMILES string of the molecule is CC1(C)[C@@H]([N+](=O)[O-])C[NH+](Cc2ccccc2)C[C@@H]1[N+](=O)[O-]. The molecule has 0 saturated carbocycles. The summed E-state index contributed by atoms with van der Waals surface area (Å²) in [5.41, 5.74) is 0.101. The van der Waals surface area contributed by atoms with Crippen molar-refractivity contribution < 1.29 is 14.7 Å². The van der Waals surface area contributed by atoms with Gasteiger partial charge < -0.3 is 4.90 Å². The van der Waals surface area contributed by atoms with E-state index in [0.29, 0.717) is 19.6 Å². The summed E-state index contributed by atoms with van der Waals surface area (Å²) in [5.74, 6) is 0. The summed E-state index contributed by atoms with van der Waals surface area (Å²) in [7, 11) is 0. The molecule has 2 rings (SSSR count). The van der Waals surface area contributed by atoms with Crippen LogP contribution in [-0.2, 0) is 6.54 Å². The third-order valence-corrected chi connectivity index (χ3v) is 4.49. The van der Waals surface area contributed by atoms with E-state index < -0.39 is 17.5 Å². The zero-order chi connectivity index (χ0) is 15.6. The molecule has 1 saturated heterocycles. The first-order valence-electron chi connectivity index (χ1n) is 6.97. The molecule has 0 aliphatic carbocycles. The fourth-order valence-electron chi connectivity index (χ4n) is 3.10. The number of rotatable bonds is 4. The molecule has 1 fully saturated rings. The van der Waals surface area contributed by atoms with Crippen molar-refractivity contribution in [1.82, 2.24) is 0 Å². The molecule has 0 unspecified atom stereocenters. The van der Waals surface area contributed by atoms with Gasteiger partial charge in [0.15, 0.2) is 0 Å². The Kier molecular flexibility index (Phi) is 4.22. The maximum atomic E-state index is 11.3. The second-order valence-corrected chi connectivity index (χ2v) is 6.24. The van der Waals surface area contributed by atoms with Crippen LogP contribution in [0.5, 0.6) is 0 Å². The summed E-state index contributed by atoms with van der Waals surface area (Å²) in [5, 5.41) is 22.6. The van der Waals surface area contributed by atoms with Crippen molar-refractivity contribution >= 4 is 0 Å². The van der Waals surface area contributed by atoms with Crippen molar-refractivity contribution in [2.24, 2.45) is 5.41 Å². The lowest BCUT2D eigenvalue weighted by Gasteiger charge is -2.37. The maximum absolute atomic E-state index is 11.3. The molecule has 1 heterocycles. The Balaban J connectivity index is 2.22. The first kappa shape index (κ1) is 15.4. The molecule has 1 aliphatic rings. The van der Waals surface area contributed by atoms with E-state index >= 15 is 0 Å². The Morgan fingerprint density at radius 1 is 1.10 bits per heavy atom. The molecular weight excluding hydrogens is 274 g/mol. The minimum atomic E-state index is -0.937. The van der Waals surface area contributed by atoms with Gasteiger partial charge in [-0.25, -0.2) is 0 Å². The van der Waals surface area contributed by atoms with E-state index in [1.807, 2.05) is 30.3 Å². The van der Waals surface area contributed by atoms with Crippen LogP contribution >= 0.6 is 0 Å². The van der Waals surface area contributed by atoms with Gasteiger partial charge >= 0.3 is 0 Å². The van der Waals surface area contributed by atoms with Gasteiger partial charge in [0, 0.05) is 15.4 Å². The van der Waals surface area contributed by atoms with E-state index in [1.165, 1.54) is 0 Å². The lowest BCUT2D eigenvalue weighted by atomic mass is 9.74. The first-order chi connectivity index (χ1) is 9.82. The van der Waals surface area contributed by atoms with Crippen LogP contribution in [0.1, 0.15) is 19.4 Å². The minimum absolute atomic E-state index is 0.319. The van der Waals surface area contributed by atoms with E-state index in [-0.39, 0.29) is 9.85 Å². The first-order valence-corrected chi connectivity index (χ1v) is 6.97. The summed E-state index contributed by atoms with van der Waals surface area (Å²) >= 11 is 0. The smallest absolute Gasteiger partial charge is 0.272 e. The average molecular weight is 294 g/mol. The van der Waals surface area contributed by atoms with Gasteiger partial charge in [-0.1, -0.05) is 30.3 Å². The average Bonchev–Trinajstić information content (AvgIpc) is 2.40. The zero-order valence-corrected chi connectivity index (χ0v) is 12.2. The van der Waals surface area contributed by atoms with Crippen LogP contribution < -0.4 is 4.90 Å². The molecule has 21 heavy (non-hydrogen) atoms. The Bertz CT molecular complexity index is 506. The number of hydrogen-bond acceptors (Lipinski definition) is 4. The molecule has 0 aromatic heterocycles. The lowest BCUT2D eigenvalue weighted by Crippen LogP contribution is -3.15. The number of piperidine rings is 1. The van der Waals surface area contributed by atoms with Gasteiger partial charge in [0.05, 0.1) is 0 Å². The number of nitrogens with one attached hydrogen (secondary N) is 1. The lowest BCUT2D eigenvalue weighted by molar-refractivity contribution is -0.948. The van der Waals surface area contributed by atoms with Gasteiger partial charge in [0.2, 0.25) is 0 Å². The van der Waals surface area contributed by atoms with Crippen LogP contribution in [0.4, 0.5) is 0 Å². The monoisotopic (exact) mass is 294 g/mol. The normalized spacial score (nSPS) is 28.0. The van der Waals surface area contributed by atoms with Gasteiger partial charge in [0.1, 0.15) is 25.0 Å². The molecule has 0 bridgehead atoms. The van der Waals surface area contributed by atoms with E-state index in [1.54, 1.807) is 13.8 Å². The third kappa shape index (κ3) is 3.18. The topological polar surface area (TPSA) is 90.7 Å². The molecule has 114 valence electrons. The predicted molar refractivity (Wildman–Crippen MR) is 76.2 cm³/mol. The van der Waals surface area contributed by atoms with Crippen molar-refractivity contribution in [3.63, 3.8) is 0 Å². The second-order valence-electron chi connectivity index (χ2n) is 6.24. The van der Waals surface area contributed by atoms with E-state index in [2.05, 4.69) is 0 Å². The zero-order valence-electron chi connectivity index (χ0n) is 12.2. The molecule has 7 heteroatoms. The standard InChI is InChI=1S/C14H19N3O4/c1-14(2)12(16(18)19)9-15(10-13(14)17(20)21)8-11-6-4-3-5-7-11/h3-7,12-13H,8-10H2,1-2H3/p+1/t12-,13-/m0/s1. The molecule has 0 spiro atoms. The number of nitro groups is 2. The third-order valence-electron chi connectivity index (χ3n) is 4.49. The molecule has 1 aliphatic heterocycles. The highest BCUT2D eigenvalue weighted by molar-refractivity contribution is 5.13. The predicted octanol–water partition coefficient (Wildman–Crippen LogP) is 0.402. The quantitative estimate of drug-likeness (QED) is 0.643. The van der Waals surface area contributed by atoms with Crippen molar-refractivity contribution in [2.75, 3.05) is 13.1 Å². The van der Waals surface area contributed by atoms with Gasteiger partial charge in [-0.2, -0.15) is 0 Å². The van der Waals surface area contributed by atoms with E-state index in [0.717, 1.165) is 10.5 Å². The highest BCUT2D eigenvalue weighted by Crippen LogP contribution is 2.30. The van der Waals surface area contributed by atoms with Crippen LogP contribution in [0.25, 0.3) is 0 Å². The highest BCUT2D eigenvalue weighted by Gasteiger charge is 2.58. The van der Waals surface area contributed by atoms with Crippen LogP contribution in [0.2, 0.25) is 0 Å². The highest BCUT2D eigenvalue weighted by atomic mass is 16.6. The number of benzene rings is 1. The molecule has 2 atom stereocenters. The molecular formula is C14H20N3O4+. The fraction of sp³-hybridized carbons (Fsp3) is 0.571. The molecule has 7 nitrogen and oxygen atoms in total. The summed E-state index contributed by atoms with van der Waals surface area (Å²) in [6.07, 6.45) is 0. The van der Waals surface area contributed by atoms with Gasteiger partial charge in [-0.15, -0.1) is 0 Å². The molecule has 1 aromatic carbocycles. The number of hydrogen-bond donors (Lipinski definition) is 1. The van der Waals surface area contributed by atoms with Gasteiger partial charge in [0.25, 0.3) is 12.1 Å². The maximum Gasteiger partial charge on any atom is 0.272 e. The van der Waals surface area contributed by atoms with Crippen LogP contribution in [0, 0.1) is 25.6 Å². The molecule has 1 N–H and O–H groups in total. The van der Waals surface area contributed by atoms with Gasteiger partial charge in [-0.05, 0) is 13.8 Å². The summed E-state index contributed by atoms with van der Waals surface area (Å²) in [4.78, 5) is 22.8. The number of likely N-dealkylation sites (tertiary alicyclic amines) is 1. The van der Waals surface area contributed by atoms with Crippen molar-refractivity contribution in [3.05, 3.63) is 56.1 Å². The van der Waals surface area contributed by atoms with Crippen molar-refractivity contribution in [1.29, 1.82) is 0 Å². The second kappa shape index (κ2) is 5.77. The van der Waals surface area contributed by atoms with Gasteiger partial charge in [-0.3, -0.25) is 20.2 Å². The molecule has 1 aromatic rings. The minimum Gasteiger partial charge on any atom is -0.320 e.